The molecule has 0 radical (unpaired) electrons. The normalized spacial score (nSPS) is 12.7. The minimum Gasteiger partial charge on any atom is -0.443 e. The van der Waals surface area contributed by atoms with Crippen LogP contribution in [0, 0.1) is 11.6 Å². The average Bonchev–Trinajstić information content (AvgIpc) is 3.48. The maximum Gasteiger partial charge on any atom is 0.428 e. The number of nitrogens with one attached hydrogen (secondary N) is 1. The van der Waals surface area contributed by atoms with Crippen molar-refractivity contribution in [3.05, 3.63) is 66.2 Å². The number of alkyl halides is 6. The molecular weight excluding hydrogens is 520 g/mol. The predicted octanol–water partition coefficient (Wildman–Crippen LogP) is 4.59. The summed E-state index contributed by atoms with van der Waals surface area (Å²) in [5.74, 6) is -3.38. The van der Waals surface area contributed by atoms with Crippen LogP contribution in [0.3, 0.4) is 0 Å². The van der Waals surface area contributed by atoms with E-state index in [0.29, 0.717) is 6.20 Å². The van der Waals surface area contributed by atoms with E-state index >= 15 is 0 Å². The summed E-state index contributed by atoms with van der Waals surface area (Å²) in [7, 11) is 0. The Hall–Kier alpha value is -4.08. The molecule has 0 fully saturated rings. The molecule has 16 heteroatoms. The highest BCUT2D eigenvalue weighted by molar-refractivity contribution is 5.61. The number of hydrogen-bond donors (Lipinski definition) is 2. The molecule has 3 heterocycles. The second kappa shape index (κ2) is 9.42. The van der Waals surface area contributed by atoms with E-state index in [1.165, 1.54) is 41.4 Å². The lowest BCUT2D eigenvalue weighted by Crippen LogP contribution is -2.61. The first-order valence-electron chi connectivity index (χ1n) is 10.1. The van der Waals surface area contributed by atoms with Gasteiger partial charge in [-0.3, -0.25) is 4.68 Å². The molecule has 4 rings (SSSR count). The van der Waals surface area contributed by atoms with Crippen molar-refractivity contribution in [2.75, 3.05) is 11.9 Å². The minimum atomic E-state index is -6.12. The van der Waals surface area contributed by atoms with Crippen molar-refractivity contribution in [1.29, 1.82) is 0 Å². The minimum absolute atomic E-state index is 0.0379. The molecule has 37 heavy (non-hydrogen) atoms. The highest BCUT2D eigenvalue weighted by atomic mass is 19.4. The maximum absolute atomic E-state index is 14.2. The number of nitrogens with zero attached hydrogens (tertiary/aromatic N) is 5. The summed E-state index contributed by atoms with van der Waals surface area (Å²) in [6.07, 6.45) is -9.20. The van der Waals surface area contributed by atoms with Crippen LogP contribution in [0.4, 0.5) is 40.9 Å². The van der Waals surface area contributed by atoms with Gasteiger partial charge in [0.2, 0.25) is 5.89 Å². The standard InChI is InChI=1S/C21H14F8N6O2/c22-12-4-2-1-3-11(12)9-35-15(18-30-5-6-37-18)7-14(34-35)17-31-8-13(23)16(33-17)32-10-19(36,20(24,25)26)21(27,28)29/h1-8,36H,9-10H2,(H,31,32,33). The highest BCUT2D eigenvalue weighted by Crippen LogP contribution is 2.43. The zero-order chi connectivity index (χ0) is 27.0. The fourth-order valence-corrected chi connectivity index (χ4v) is 3.14. The van der Waals surface area contributed by atoms with Crippen LogP contribution >= 0.6 is 0 Å². The molecule has 0 atom stereocenters. The first-order chi connectivity index (χ1) is 17.3. The molecule has 1 aromatic carbocycles. The topological polar surface area (TPSA) is 102 Å². The Bertz CT molecular complexity index is 1370. The highest BCUT2D eigenvalue weighted by Gasteiger charge is 2.70. The second-order valence-corrected chi connectivity index (χ2v) is 7.60. The number of benzene rings is 1. The molecule has 0 saturated carbocycles. The van der Waals surface area contributed by atoms with E-state index in [1.54, 1.807) is 11.4 Å². The predicted molar refractivity (Wildman–Crippen MR) is 110 cm³/mol. The number of halogens is 8. The smallest absolute Gasteiger partial charge is 0.428 e. The van der Waals surface area contributed by atoms with Crippen molar-refractivity contribution in [2.45, 2.75) is 24.5 Å². The summed E-state index contributed by atoms with van der Waals surface area (Å²) in [6, 6.07) is 7.05. The van der Waals surface area contributed by atoms with Crippen LogP contribution in [-0.4, -0.2) is 54.3 Å². The van der Waals surface area contributed by atoms with Crippen LogP contribution < -0.4 is 5.32 Å². The Kier molecular flexibility index (Phi) is 6.62. The van der Waals surface area contributed by atoms with E-state index in [4.69, 9.17) is 4.42 Å². The molecule has 0 aliphatic rings. The van der Waals surface area contributed by atoms with Gasteiger partial charge < -0.3 is 14.8 Å². The first-order valence-corrected chi connectivity index (χ1v) is 10.1. The number of hydrogen-bond acceptors (Lipinski definition) is 7. The summed E-state index contributed by atoms with van der Waals surface area (Å²) in [5.41, 5.74) is -4.90. The SMILES string of the molecule is OC(CNc1nc(-c2cc(-c3ncco3)n(Cc3ccccc3F)n2)ncc1F)(C(F)(F)F)C(F)(F)F. The molecule has 0 amide bonds. The zero-order valence-corrected chi connectivity index (χ0v) is 18.1. The molecule has 8 nitrogen and oxygen atoms in total. The second-order valence-electron chi connectivity index (χ2n) is 7.60. The van der Waals surface area contributed by atoms with E-state index < -0.39 is 47.8 Å². The van der Waals surface area contributed by atoms with E-state index in [-0.39, 0.29) is 29.4 Å². The van der Waals surface area contributed by atoms with Crippen molar-refractivity contribution >= 4 is 5.82 Å². The Labute approximate surface area is 201 Å². The number of oxazole rings is 1. The average molecular weight is 534 g/mol. The van der Waals surface area contributed by atoms with Gasteiger partial charge in [0.15, 0.2) is 17.5 Å². The van der Waals surface area contributed by atoms with Gasteiger partial charge in [-0.05, 0) is 6.07 Å². The first kappa shape index (κ1) is 26.0. The van der Waals surface area contributed by atoms with Gasteiger partial charge in [0.05, 0.1) is 25.5 Å². The number of aliphatic hydroxyl groups is 1. The van der Waals surface area contributed by atoms with Crippen LogP contribution in [-0.2, 0) is 6.54 Å². The van der Waals surface area contributed by atoms with Crippen molar-refractivity contribution in [3.63, 3.8) is 0 Å². The largest absolute Gasteiger partial charge is 0.443 e. The third-order valence-electron chi connectivity index (χ3n) is 5.13. The Morgan fingerprint density at radius 1 is 0.973 bits per heavy atom. The van der Waals surface area contributed by atoms with Crippen LogP contribution in [0.2, 0.25) is 0 Å². The summed E-state index contributed by atoms with van der Waals surface area (Å²) in [5, 5.41) is 15.0. The van der Waals surface area contributed by atoms with Crippen LogP contribution in [0.15, 0.2) is 53.4 Å². The maximum atomic E-state index is 14.2. The summed E-state index contributed by atoms with van der Waals surface area (Å²) < 4.78 is 113. The van der Waals surface area contributed by atoms with Crippen molar-refractivity contribution < 1.29 is 44.6 Å². The molecule has 0 saturated heterocycles. The molecule has 3 aromatic heterocycles. The third-order valence-corrected chi connectivity index (χ3v) is 5.13. The third kappa shape index (κ3) is 5.09. The van der Waals surface area contributed by atoms with Crippen LogP contribution in [0.25, 0.3) is 23.1 Å². The molecule has 0 aliphatic heterocycles. The number of rotatable bonds is 7. The van der Waals surface area contributed by atoms with Crippen LogP contribution in [0.1, 0.15) is 5.56 Å². The van der Waals surface area contributed by atoms with E-state index in [9.17, 15) is 40.2 Å². The van der Waals surface area contributed by atoms with Crippen molar-refractivity contribution in [1.82, 2.24) is 24.7 Å². The Balaban J connectivity index is 1.69. The lowest BCUT2D eigenvalue weighted by molar-refractivity contribution is -0.362. The van der Waals surface area contributed by atoms with E-state index in [0.717, 1.165) is 0 Å². The van der Waals surface area contributed by atoms with Gasteiger partial charge in [-0.2, -0.15) is 31.4 Å². The molecule has 0 bridgehead atoms. The quantitative estimate of drug-likeness (QED) is 0.335. The van der Waals surface area contributed by atoms with Crippen LogP contribution in [0.5, 0.6) is 0 Å². The Morgan fingerprint density at radius 3 is 2.30 bits per heavy atom. The molecule has 2 N–H and O–H groups in total. The molecule has 0 aliphatic carbocycles. The summed E-state index contributed by atoms with van der Waals surface area (Å²) >= 11 is 0. The molecule has 196 valence electrons. The molecular formula is C21H14F8N6O2. The lowest BCUT2D eigenvalue weighted by Gasteiger charge is -2.32. The van der Waals surface area contributed by atoms with Gasteiger partial charge >= 0.3 is 12.4 Å². The summed E-state index contributed by atoms with van der Waals surface area (Å²) in [6.45, 7) is -2.32. The molecule has 0 unspecified atom stereocenters. The molecule has 4 aromatic rings. The lowest BCUT2D eigenvalue weighted by atomic mass is 10.0. The number of anilines is 1. The summed E-state index contributed by atoms with van der Waals surface area (Å²) in [4.78, 5) is 11.3. The van der Waals surface area contributed by atoms with Gasteiger partial charge in [0.1, 0.15) is 23.5 Å². The van der Waals surface area contributed by atoms with Gasteiger partial charge in [0, 0.05) is 11.6 Å². The monoisotopic (exact) mass is 534 g/mol. The fourth-order valence-electron chi connectivity index (χ4n) is 3.14. The van der Waals surface area contributed by atoms with E-state index in [1.807, 2.05) is 0 Å². The van der Waals surface area contributed by atoms with Gasteiger partial charge in [0.25, 0.3) is 5.60 Å². The zero-order valence-electron chi connectivity index (χ0n) is 18.1. The van der Waals surface area contributed by atoms with Gasteiger partial charge in [-0.1, -0.05) is 18.2 Å². The van der Waals surface area contributed by atoms with Crippen molar-refractivity contribution in [2.24, 2.45) is 0 Å². The van der Waals surface area contributed by atoms with E-state index in [2.05, 4.69) is 20.1 Å². The van der Waals surface area contributed by atoms with Gasteiger partial charge in [-0.15, -0.1) is 0 Å². The fraction of sp³-hybridized carbons (Fsp3) is 0.238. The van der Waals surface area contributed by atoms with Crippen molar-refractivity contribution in [3.8, 4) is 23.1 Å². The van der Waals surface area contributed by atoms with Gasteiger partial charge in [-0.25, -0.2) is 23.7 Å². The Morgan fingerprint density at radius 2 is 1.68 bits per heavy atom. The molecule has 0 spiro atoms. The number of aromatic nitrogens is 5.